The standard InChI is InChI=1S/C25H34N4O2/c1-20-19-31-21(2)16-29(20)18-25(30)26-23-8-10-24(11-9-23)28-14-12-27(13-15-28)17-22-6-4-3-5-7-22/h3-11,20-21H,12-19H2,1-2H3,(H,26,30). The average Bonchev–Trinajstić information content (AvgIpc) is 2.78. The molecule has 1 N–H and O–H groups in total. The Kier molecular flexibility index (Phi) is 7.22. The van der Waals surface area contributed by atoms with Crippen molar-refractivity contribution in [2.45, 2.75) is 32.5 Å². The summed E-state index contributed by atoms with van der Waals surface area (Å²) in [6.07, 6.45) is 0.177. The van der Waals surface area contributed by atoms with Crippen LogP contribution in [0.4, 0.5) is 11.4 Å². The number of benzene rings is 2. The third-order valence-corrected chi connectivity index (χ3v) is 6.22. The van der Waals surface area contributed by atoms with Crippen LogP contribution in [0.3, 0.4) is 0 Å². The van der Waals surface area contributed by atoms with E-state index in [-0.39, 0.29) is 18.1 Å². The number of nitrogens with zero attached hydrogens (tertiary/aromatic N) is 3. The van der Waals surface area contributed by atoms with Crippen molar-refractivity contribution in [2.75, 3.05) is 56.1 Å². The van der Waals surface area contributed by atoms with Crippen LogP contribution < -0.4 is 10.2 Å². The molecule has 0 radical (unpaired) electrons. The highest BCUT2D eigenvalue weighted by atomic mass is 16.5. The Labute approximate surface area is 185 Å². The second-order valence-electron chi connectivity index (χ2n) is 8.77. The fourth-order valence-electron chi connectivity index (χ4n) is 4.34. The van der Waals surface area contributed by atoms with Crippen molar-refractivity contribution in [3.05, 3.63) is 60.2 Å². The number of ether oxygens (including phenoxy) is 1. The van der Waals surface area contributed by atoms with Gasteiger partial charge in [-0.05, 0) is 43.7 Å². The second-order valence-corrected chi connectivity index (χ2v) is 8.77. The van der Waals surface area contributed by atoms with Crippen molar-refractivity contribution >= 4 is 17.3 Å². The minimum Gasteiger partial charge on any atom is -0.376 e. The summed E-state index contributed by atoms with van der Waals surface area (Å²) in [6.45, 7) is 11.2. The number of hydrogen-bond donors (Lipinski definition) is 1. The van der Waals surface area contributed by atoms with Crippen molar-refractivity contribution in [3.63, 3.8) is 0 Å². The van der Waals surface area contributed by atoms with Crippen LogP contribution in [-0.4, -0.2) is 73.7 Å². The van der Waals surface area contributed by atoms with E-state index in [4.69, 9.17) is 4.74 Å². The molecule has 2 atom stereocenters. The van der Waals surface area contributed by atoms with Gasteiger partial charge >= 0.3 is 0 Å². The molecule has 0 saturated carbocycles. The van der Waals surface area contributed by atoms with Gasteiger partial charge in [-0.15, -0.1) is 0 Å². The topological polar surface area (TPSA) is 48.1 Å². The van der Waals surface area contributed by atoms with Gasteiger partial charge in [0.05, 0.1) is 19.3 Å². The zero-order chi connectivity index (χ0) is 21.6. The van der Waals surface area contributed by atoms with E-state index in [1.54, 1.807) is 0 Å². The number of anilines is 2. The van der Waals surface area contributed by atoms with Crippen molar-refractivity contribution in [1.29, 1.82) is 0 Å². The molecule has 2 aromatic rings. The summed E-state index contributed by atoms with van der Waals surface area (Å²) in [5.41, 5.74) is 3.44. The number of piperazine rings is 1. The average molecular weight is 423 g/mol. The van der Waals surface area contributed by atoms with Crippen LogP contribution in [0.5, 0.6) is 0 Å². The van der Waals surface area contributed by atoms with E-state index in [9.17, 15) is 4.79 Å². The number of rotatable bonds is 6. The Hall–Kier alpha value is -2.41. The Morgan fingerprint density at radius 2 is 1.71 bits per heavy atom. The van der Waals surface area contributed by atoms with Gasteiger partial charge in [-0.3, -0.25) is 14.6 Å². The molecule has 6 heteroatoms. The van der Waals surface area contributed by atoms with Crippen LogP contribution in [0.25, 0.3) is 0 Å². The van der Waals surface area contributed by atoms with Crippen molar-refractivity contribution in [1.82, 2.24) is 9.80 Å². The lowest BCUT2D eigenvalue weighted by atomic mass is 10.2. The number of morpholine rings is 1. The first-order valence-electron chi connectivity index (χ1n) is 11.3. The molecule has 2 saturated heterocycles. The summed E-state index contributed by atoms with van der Waals surface area (Å²) in [5, 5.41) is 3.04. The zero-order valence-corrected chi connectivity index (χ0v) is 18.7. The van der Waals surface area contributed by atoms with E-state index in [0.717, 1.165) is 45.0 Å². The first-order valence-corrected chi connectivity index (χ1v) is 11.3. The van der Waals surface area contributed by atoms with Gasteiger partial charge in [0.15, 0.2) is 0 Å². The van der Waals surface area contributed by atoms with E-state index >= 15 is 0 Å². The maximum atomic E-state index is 12.5. The summed E-state index contributed by atoms with van der Waals surface area (Å²) in [5.74, 6) is 0.0308. The molecule has 6 nitrogen and oxygen atoms in total. The molecule has 1 amide bonds. The SMILES string of the molecule is CC1CN(CC(=O)Nc2ccc(N3CCN(Cc4ccccc4)CC3)cc2)C(C)CO1. The third kappa shape index (κ3) is 6.06. The fourth-order valence-corrected chi connectivity index (χ4v) is 4.34. The minimum absolute atomic E-state index is 0.0308. The maximum absolute atomic E-state index is 12.5. The molecule has 0 bridgehead atoms. The first-order chi connectivity index (χ1) is 15.1. The van der Waals surface area contributed by atoms with Crippen LogP contribution in [-0.2, 0) is 16.1 Å². The van der Waals surface area contributed by atoms with Crippen molar-refractivity contribution in [2.24, 2.45) is 0 Å². The quantitative estimate of drug-likeness (QED) is 0.775. The lowest BCUT2D eigenvalue weighted by molar-refractivity contribution is -0.121. The van der Waals surface area contributed by atoms with Gasteiger partial charge in [0, 0.05) is 56.7 Å². The Bertz CT molecular complexity index is 834. The molecule has 0 aromatic heterocycles. The molecule has 2 aliphatic heterocycles. The van der Waals surface area contributed by atoms with Crippen molar-refractivity contribution < 1.29 is 9.53 Å². The molecule has 4 rings (SSSR count). The highest BCUT2D eigenvalue weighted by molar-refractivity contribution is 5.92. The predicted octanol–water partition coefficient (Wildman–Crippen LogP) is 3.06. The lowest BCUT2D eigenvalue weighted by Gasteiger charge is -2.36. The third-order valence-electron chi connectivity index (χ3n) is 6.22. The van der Waals surface area contributed by atoms with Crippen LogP contribution in [0.1, 0.15) is 19.4 Å². The molecule has 2 aliphatic rings. The second kappa shape index (κ2) is 10.3. The smallest absolute Gasteiger partial charge is 0.238 e. The maximum Gasteiger partial charge on any atom is 0.238 e. The van der Waals surface area contributed by atoms with E-state index in [0.29, 0.717) is 13.2 Å². The molecular formula is C25H34N4O2. The van der Waals surface area contributed by atoms with Gasteiger partial charge in [-0.1, -0.05) is 30.3 Å². The minimum atomic E-state index is 0.0308. The van der Waals surface area contributed by atoms with Gasteiger partial charge in [0.2, 0.25) is 5.91 Å². The summed E-state index contributed by atoms with van der Waals surface area (Å²) in [4.78, 5) is 19.6. The Balaban J connectivity index is 1.24. The van der Waals surface area contributed by atoms with Gasteiger partial charge < -0.3 is 15.0 Å². The summed E-state index contributed by atoms with van der Waals surface area (Å²) >= 11 is 0. The number of hydrogen-bond acceptors (Lipinski definition) is 5. The van der Waals surface area contributed by atoms with Crippen LogP contribution in [0.15, 0.2) is 54.6 Å². The Morgan fingerprint density at radius 3 is 2.42 bits per heavy atom. The van der Waals surface area contributed by atoms with Crippen molar-refractivity contribution in [3.8, 4) is 0 Å². The molecule has 166 valence electrons. The molecule has 2 fully saturated rings. The summed E-state index contributed by atoms with van der Waals surface area (Å²) in [6, 6.07) is 19.2. The number of nitrogens with one attached hydrogen (secondary N) is 1. The molecule has 2 aromatic carbocycles. The van der Waals surface area contributed by atoms with E-state index in [2.05, 4.69) is 76.3 Å². The van der Waals surface area contributed by atoms with Gasteiger partial charge in [-0.25, -0.2) is 0 Å². The largest absolute Gasteiger partial charge is 0.376 e. The predicted molar refractivity (Wildman–Crippen MR) is 125 cm³/mol. The van der Waals surface area contributed by atoms with E-state index in [1.807, 2.05) is 12.1 Å². The summed E-state index contributed by atoms with van der Waals surface area (Å²) < 4.78 is 5.65. The highest BCUT2D eigenvalue weighted by Gasteiger charge is 2.25. The normalized spacial score (nSPS) is 23.0. The van der Waals surface area contributed by atoms with Gasteiger partial charge in [0.1, 0.15) is 0 Å². The van der Waals surface area contributed by atoms with Gasteiger partial charge in [0.25, 0.3) is 0 Å². The van der Waals surface area contributed by atoms with Crippen LogP contribution in [0.2, 0.25) is 0 Å². The van der Waals surface area contributed by atoms with E-state index in [1.165, 1.54) is 11.3 Å². The van der Waals surface area contributed by atoms with Gasteiger partial charge in [-0.2, -0.15) is 0 Å². The monoisotopic (exact) mass is 422 g/mol. The number of amides is 1. The van der Waals surface area contributed by atoms with Crippen LogP contribution >= 0.6 is 0 Å². The summed E-state index contributed by atoms with van der Waals surface area (Å²) in [7, 11) is 0. The lowest BCUT2D eigenvalue weighted by Crippen LogP contribution is -2.50. The fraction of sp³-hybridized carbons (Fsp3) is 0.480. The molecule has 2 heterocycles. The first kappa shape index (κ1) is 21.8. The number of carbonyl (C=O) groups is 1. The molecule has 2 unspecified atom stereocenters. The van der Waals surface area contributed by atoms with Crippen LogP contribution in [0, 0.1) is 0 Å². The highest BCUT2D eigenvalue weighted by Crippen LogP contribution is 2.20. The Morgan fingerprint density at radius 1 is 1.00 bits per heavy atom. The molecule has 0 spiro atoms. The molecule has 31 heavy (non-hydrogen) atoms. The number of carbonyl (C=O) groups excluding carboxylic acids is 1. The molecular weight excluding hydrogens is 388 g/mol. The van der Waals surface area contributed by atoms with E-state index < -0.39 is 0 Å². The molecule has 0 aliphatic carbocycles. The zero-order valence-electron chi connectivity index (χ0n) is 18.7.